The second kappa shape index (κ2) is 26.3. The third-order valence-corrected chi connectivity index (χ3v) is 14.3. The van der Waals surface area contributed by atoms with Crippen LogP contribution in [0.3, 0.4) is 0 Å². The van der Waals surface area contributed by atoms with Gasteiger partial charge in [-0.15, -0.1) is 0 Å². The van der Waals surface area contributed by atoms with E-state index in [1.807, 2.05) is 0 Å². The van der Waals surface area contributed by atoms with E-state index >= 15 is 0 Å². The highest BCUT2D eigenvalue weighted by Crippen LogP contribution is 2.43. The average molecular weight is 775 g/mol. The number of hydrogen-bond donors (Lipinski definition) is 0. The van der Waals surface area contributed by atoms with E-state index in [-0.39, 0.29) is 0 Å². The summed E-state index contributed by atoms with van der Waals surface area (Å²) in [6.07, 6.45) is 34.8. The van der Waals surface area contributed by atoms with Crippen molar-refractivity contribution < 1.29 is 9.47 Å². The molecule has 2 aromatic carbocycles. The molecule has 0 unspecified atom stereocenters. The first-order valence-electron chi connectivity index (χ1n) is 24.5. The summed E-state index contributed by atoms with van der Waals surface area (Å²) in [5.41, 5.74) is 2.25. The lowest BCUT2D eigenvalue weighted by Gasteiger charge is -2.37. The van der Waals surface area contributed by atoms with Crippen LogP contribution in [-0.2, 0) is 0 Å². The molecule has 0 saturated heterocycles. The summed E-state index contributed by atoms with van der Waals surface area (Å²) in [6, 6.07) is 16.6. The first-order chi connectivity index (χ1) is 28.0. The van der Waals surface area contributed by atoms with E-state index in [2.05, 4.69) is 99.9 Å². The van der Waals surface area contributed by atoms with Crippen molar-refractivity contribution in [1.29, 1.82) is 0 Å². The predicted molar refractivity (Wildman–Crippen MR) is 244 cm³/mol. The molecule has 0 amide bonds. The van der Waals surface area contributed by atoms with Gasteiger partial charge >= 0.3 is 0 Å². The van der Waals surface area contributed by atoms with Crippen LogP contribution in [0.4, 0.5) is 0 Å². The van der Waals surface area contributed by atoms with Crippen LogP contribution in [0.15, 0.2) is 48.5 Å². The lowest BCUT2D eigenvalue weighted by atomic mass is 9.69. The molecule has 2 aromatic rings. The molecule has 0 aliphatic heterocycles. The molecule has 0 heterocycles. The Morgan fingerprint density at radius 1 is 0.439 bits per heavy atom. The topological polar surface area (TPSA) is 18.5 Å². The van der Waals surface area contributed by atoms with E-state index in [4.69, 9.17) is 9.47 Å². The number of ether oxygens (including phenoxy) is 2. The fraction of sp³-hybridized carbons (Fsp3) is 0.709. The van der Waals surface area contributed by atoms with Crippen LogP contribution in [0, 0.1) is 71.0 Å². The standard InChI is InChI=1S/C30H46O.C25H36O/c1-3-5-6-7-8-9-25-12-18-28(19-13-25)29-20-14-26(15-21-29)10-11-27-16-22-30(23-17-27)31-24-4-2;1-3-4-19-26-25-17-11-22(12-18-25)8-7-21-9-15-24(16-10-21)23-13-5-20(2)6-14-23/h16-17,22-23,25-26,28-29H,3-9,12-15,18-21,24H2,1-2H3;11-12,17-18,20-21,23-24H,3-6,9-10,13-16,19H2,1-2H3. The van der Waals surface area contributed by atoms with E-state index in [9.17, 15) is 0 Å². The molecule has 2 nitrogen and oxygen atoms in total. The van der Waals surface area contributed by atoms with Crippen molar-refractivity contribution in [2.45, 2.75) is 188 Å². The summed E-state index contributed by atoms with van der Waals surface area (Å²) in [5, 5.41) is 0. The van der Waals surface area contributed by atoms with Gasteiger partial charge in [0.15, 0.2) is 0 Å². The molecule has 4 fully saturated rings. The highest BCUT2D eigenvalue weighted by molar-refractivity contribution is 5.39. The Morgan fingerprint density at radius 3 is 1.32 bits per heavy atom. The molecule has 4 aliphatic rings. The number of rotatable bonds is 15. The lowest BCUT2D eigenvalue weighted by Crippen LogP contribution is -2.25. The summed E-state index contributed by atoms with van der Waals surface area (Å²) in [7, 11) is 0. The van der Waals surface area contributed by atoms with Crippen LogP contribution >= 0.6 is 0 Å². The van der Waals surface area contributed by atoms with Gasteiger partial charge in [-0.25, -0.2) is 0 Å². The van der Waals surface area contributed by atoms with Gasteiger partial charge in [-0.05, 0) is 174 Å². The normalized spacial score (nSPS) is 27.4. The van der Waals surface area contributed by atoms with Gasteiger partial charge in [-0.1, -0.05) is 122 Å². The van der Waals surface area contributed by atoms with Gasteiger partial charge in [0, 0.05) is 23.0 Å². The molecule has 6 rings (SSSR count). The van der Waals surface area contributed by atoms with E-state index in [1.54, 1.807) is 0 Å². The zero-order valence-corrected chi connectivity index (χ0v) is 37.1. The first-order valence-corrected chi connectivity index (χ1v) is 24.5. The molecule has 4 saturated carbocycles. The number of hydrogen-bond acceptors (Lipinski definition) is 2. The van der Waals surface area contributed by atoms with Crippen molar-refractivity contribution >= 4 is 0 Å². The second-order valence-corrected chi connectivity index (χ2v) is 18.9. The maximum absolute atomic E-state index is 5.72. The molecule has 0 atom stereocenters. The van der Waals surface area contributed by atoms with Crippen molar-refractivity contribution in [2.75, 3.05) is 13.2 Å². The second-order valence-electron chi connectivity index (χ2n) is 18.9. The highest BCUT2D eigenvalue weighted by Gasteiger charge is 2.31. The lowest BCUT2D eigenvalue weighted by molar-refractivity contribution is 0.153. The van der Waals surface area contributed by atoms with Gasteiger partial charge in [0.25, 0.3) is 0 Å². The Bertz CT molecular complexity index is 1450. The van der Waals surface area contributed by atoms with Gasteiger partial charge in [-0.3, -0.25) is 0 Å². The first kappa shape index (κ1) is 45.2. The van der Waals surface area contributed by atoms with E-state index in [1.165, 1.54) is 148 Å². The smallest absolute Gasteiger partial charge is 0.119 e. The van der Waals surface area contributed by atoms with Crippen LogP contribution in [0.5, 0.6) is 11.5 Å². The molecule has 57 heavy (non-hydrogen) atoms. The SMILES string of the molecule is CCCCCCCC1CCC(C2CCC(C#Cc3ccc(OCCC)cc3)CC2)CC1.CCCCOc1ccc(C#CC2CCC(C3CCC(C)CC3)CC2)cc1. The van der Waals surface area contributed by atoms with Crippen LogP contribution in [0.25, 0.3) is 0 Å². The fourth-order valence-electron chi connectivity index (χ4n) is 10.4. The molecular formula is C55H82O2. The molecular weight excluding hydrogens is 693 g/mol. The Balaban J connectivity index is 0.000000221. The Kier molecular flexibility index (Phi) is 20.9. The van der Waals surface area contributed by atoms with Crippen LogP contribution in [0.2, 0.25) is 0 Å². The predicted octanol–water partition coefficient (Wildman–Crippen LogP) is 15.6. The summed E-state index contributed by atoms with van der Waals surface area (Å²) >= 11 is 0. The van der Waals surface area contributed by atoms with Crippen molar-refractivity contribution in [3.05, 3.63) is 59.7 Å². The minimum absolute atomic E-state index is 0.603. The minimum atomic E-state index is 0.603. The number of benzene rings is 2. The fourth-order valence-corrected chi connectivity index (χ4v) is 10.4. The van der Waals surface area contributed by atoms with Crippen LogP contribution in [0.1, 0.15) is 199 Å². The van der Waals surface area contributed by atoms with Gasteiger partial charge < -0.3 is 9.47 Å². The van der Waals surface area contributed by atoms with E-state index in [0.717, 1.165) is 84.2 Å². The number of unbranched alkanes of at least 4 members (excludes halogenated alkanes) is 5. The summed E-state index contributed by atoms with van der Waals surface area (Å²) in [4.78, 5) is 0. The zero-order valence-electron chi connectivity index (χ0n) is 37.1. The largest absolute Gasteiger partial charge is 0.494 e. The van der Waals surface area contributed by atoms with Crippen molar-refractivity contribution in [1.82, 2.24) is 0 Å². The third kappa shape index (κ3) is 16.7. The molecule has 4 aliphatic carbocycles. The Labute approximate surface area is 351 Å². The summed E-state index contributed by atoms with van der Waals surface area (Å²) in [6.45, 7) is 10.7. The molecule has 0 N–H and O–H groups in total. The minimum Gasteiger partial charge on any atom is -0.494 e. The van der Waals surface area contributed by atoms with Crippen molar-refractivity contribution in [3.63, 3.8) is 0 Å². The van der Waals surface area contributed by atoms with Crippen LogP contribution < -0.4 is 9.47 Å². The maximum atomic E-state index is 5.72. The van der Waals surface area contributed by atoms with Crippen molar-refractivity contribution in [2.24, 2.45) is 47.3 Å². The monoisotopic (exact) mass is 775 g/mol. The van der Waals surface area contributed by atoms with Gasteiger partial charge in [0.05, 0.1) is 13.2 Å². The van der Waals surface area contributed by atoms with E-state index < -0.39 is 0 Å². The maximum Gasteiger partial charge on any atom is 0.119 e. The van der Waals surface area contributed by atoms with Crippen LogP contribution in [-0.4, -0.2) is 13.2 Å². The molecule has 0 radical (unpaired) electrons. The molecule has 314 valence electrons. The summed E-state index contributed by atoms with van der Waals surface area (Å²) in [5.74, 6) is 23.1. The van der Waals surface area contributed by atoms with E-state index in [0.29, 0.717) is 11.8 Å². The zero-order chi connectivity index (χ0) is 39.9. The highest BCUT2D eigenvalue weighted by atomic mass is 16.5. The molecule has 2 heteroatoms. The van der Waals surface area contributed by atoms with Gasteiger partial charge in [0.2, 0.25) is 0 Å². The Morgan fingerprint density at radius 2 is 0.860 bits per heavy atom. The quantitative estimate of drug-likeness (QED) is 0.133. The summed E-state index contributed by atoms with van der Waals surface area (Å²) < 4.78 is 11.4. The van der Waals surface area contributed by atoms with Gasteiger partial charge in [-0.2, -0.15) is 0 Å². The molecule has 0 spiro atoms. The molecule has 0 aromatic heterocycles. The average Bonchev–Trinajstić information content (AvgIpc) is 3.26. The van der Waals surface area contributed by atoms with Gasteiger partial charge in [0.1, 0.15) is 11.5 Å². The third-order valence-electron chi connectivity index (χ3n) is 14.3. The Hall–Kier alpha value is -2.84. The van der Waals surface area contributed by atoms with Crippen molar-refractivity contribution in [3.8, 4) is 35.2 Å². The molecule has 0 bridgehead atoms.